The van der Waals surface area contributed by atoms with Crippen LogP contribution in [0.4, 0.5) is 13.2 Å². The molecule has 9 heteroatoms. The molecule has 1 saturated heterocycles. The van der Waals surface area contributed by atoms with Gasteiger partial charge in [-0.2, -0.15) is 13.2 Å². The van der Waals surface area contributed by atoms with Gasteiger partial charge in [-0.25, -0.2) is 4.98 Å². The van der Waals surface area contributed by atoms with E-state index < -0.39 is 18.6 Å². The van der Waals surface area contributed by atoms with E-state index >= 15 is 0 Å². The third kappa shape index (κ3) is 4.19. The second-order valence-corrected chi connectivity index (χ2v) is 4.96. The Morgan fingerprint density at radius 3 is 2.90 bits per heavy atom. The number of likely N-dealkylation sites (tertiary alicyclic amines) is 1. The number of H-pyrrole nitrogens is 1. The predicted molar refractivity (Wildman–Crippen MR) is 64.1 cm³/mol. The van der Waals surface area contributed by atoms with E-state index in [2.05, 4.69) is 20.5 Å². The third-order valence-electron chi connectivity index (χ3n) is 3.12. The first-order valence-electron chi connectivity index (χ1n) is 6.30. The molecule has 1 aliphatic rings. The number of rotatable bonds is 4. The van der Waals surface area contributed by atoms with Crippen molar-refractivity contribution in [2.45, 2.75) is 19.5 Å². The average Bonchev–Trinajstić information content (AvgIpc) is 2.93. The van der Waals surface area contributed by atoms with Crippen LogP contribution in [0.3, 0.4) is 0 Å². The average molecular weight is 291 g/mol. The molecule has 20 heavy (non-hydrogen) atoms. The van der Waals surface area contributed by atoms with Crippen molar-refractivity contribution >= 4 is 5.91 Å². The summed E-state index contributed by atoms with van der Waals surface area (Å²) in [7, 11) is 0. The van der Waals surface area contributed by atoms with Crippen LogP contribution in [0.5, 0.6) is 0 Å². The molecule has 0 aliphatic carbocycles. The van der Waals surface area contributed by atoms with Crippen LogP contribution in [0.25, 0.3) is 0 Å². The smallest absolute Gasteiger partial charge is 0.349 e. The minimum absolute atomic E-state index is 0.0290. The molecule has 2 rings (SSSR count). The maximum absolute atomic E-state index is 12.2. The van der Waals surface area contributed by atoms with Crippen molar-refractivity contribution in [2.75, 3.05) is 26.2 Å². The third-order valence-corrected chi connectivity index (χ3v) is 3.12. The number of hydrogen-bond donors (Lipinski definition) is 2. The van der Waals surface area contributed by atoms with Gasteiger partial charge in [-0.3, -0.25) is 14.8 Å². The molecule has 0 spiro atoms. The molecular formula is C11H16F3N5O. The van der Waals surface area contributed by atoms with E-state index in [9.17, 15) is 18.0 Å². The van der Waals surface area contributed by atoms with Crippen molar-refractivity contribution in [3.8, 4) is 0 Å². The normalized spacial score (nSPS) is 20.3. The lowest BCUT2D eigenvalue weighted by Crippen LogP contribution is -2.35. The van der Waals surface area contributed by atoms with Crippen LogP contribution >= 0.6 is 0 Å². The van der Waals surface area contributed by atoms with Crippen molar-refractivity contribution < 1.29 is 18.0 Å². The predicted octanol–water partition coefficient (Wildman–Crippen LogP) is 0.727. The van der Waals surface area contributed by atoms with E-state index in [-0.39, 0.29) is 11.7 Å². The Bertz CT molecular complexity index is 473. The number of aryl methyl sites for hydroxylation is 1. The Kier molecular flexibility index (Phi) is 4.26. The zero-order valence-corrected chi connectivity index (χ0v) is 11.0. The molecule has 1 aromatic heterocycles. The van der Waals surface area contributed by atoms with Gasteiger partial charge in [-0.1, -0.05) is 0 Å². The van der Waals surface area contributed by atoms with Crippen LogP contribution in [0.2, 0.25) is 0 Å². The summed E-state index contributed by atoms with van der Waals surface area (Å²) in [5, 5.41) is 8.92. The summed E-state index contributed by atoms with van der Waals surface area (Å²) < 4.78 is 36.7. The van der Waals surface area contributed by atoms with Gasteiger partial charge in [-0.15, -0.1) is 5.10 Å². The molecule has 1 unspecified atom stereocenters. The quantitative estimate of drug-likeness (QED) is 0.857. The number of hydrogen-bond acceptors (Lipinski definition) is 4. The van der Waals surface area contributed by atoms with E-state index in [0.717, 1.165) is 0 Å². The minimum atomic E-state index is -4.17. The van der Waals surface area contributed by atoms with E-state index in [4.69, 9.17) is 0 Å². The molecule has 1 amide bonds. The fourth-order valence-corrected chi connectivity index (χ4v) is 2.24. The largest absolute Gasteiger partial charge is 0.401 e. The Morgan fingerprint density at radius 1 is 1.55 bits per heavy atom. The number of carbonyl (C=O) groups excluding carboxylic acids is 1. The Hall–Kier alpha value is -1.64. The van der Waals surface area contributed by atoms with E-state index in [0.29, 0.717) is 31.9 Å². The molecule has 1 aromatic rings. The first kappa shape index (κ1) is 14.8. The second kappa shape index (κ2) is 5.78. The first-order valence-corrected chi connectivity index (χ1v) is 6.30. The Balaban J connectivity index is 1.74. The summed E-state index contributed by atoms with van der Waals surface area (Å²) in [6, 6.07) is 0. The summed E-state index contributed by atoms with van der Waals surface area (Å²) in [6.07, 6.45) is -3.53. The molecule has 0 aromatic carbocycles. The van der Waals surface area contributed by atoms with Gasteiger partial charge in [0.25, 0.3) is 5.91 Å². The number of carbonyl (C=O) groups is 1. The van der Waals surface area contributed by atoms with Crippen molar-refractivity contribution in [3.63, 3.8) is 0 Å². The van der Waals surface area contributed by atoms with Crippen LogP contribution in [0.15, 0.2) is 0 Å². The van der Waals surface area contributed by atoms with Gasteiger partial charge in [0, 0.05) is 13.1 Å². The summed E-state index contributed by atoms with van der Waals surface area (Å²) in [5.74, 6) is 0.199. The summed E-state index contributed by atoms with van der Waals surface area (Å²) in [5.41, 5.74) is 0. The van der Waals surface area contributed by atoms with Gasteiger partial charge in [0.2, 0.25) is 5.82 Å². The SMILES string of the molecule is Cc1nc(C(=O)NCC2CCN(CC(F)(F)F)C2)n[nH]1. The fourth-order valence-electron chi connectivity index (χ4n) is 2.24. The minimum Gasteiger partial charge on any atom is -0.349 e. The first-order chi connectivity index (χ1) is 9.33. The number of nitrogens with one attached hydrogen (secondary N) is 2. The molecule has 6 nitrogen and oxygen atoms in total. The molecule has 2 N–H and O–H groups in total. The van der Waals surface area contributed by atoms with Crippen molar-refractivity contribution in [1.29, 1.82) is 0 Å². The molecule has 1 aliphatic heterocycles. The van der Waals surface area contributed by atoms with Crippen LogP contribution in [-0.2, 0) is 0 Å². The molecule has 0 saturated carbocycles. The highest BCUT2D eigenvalue weighted by Crippen LogP contribution is 2.22. The lowest BCUT2D eigenvalue weighted by Gasteiger charge is -2.17. The number of amides is 1. The lowest BCUT2D eigenvalue weighted by atomic mass is 10.1. The fraction of sp³-hybridized carbons (Fsp3) is 0.727. The van der Waals surface area contributed by atoms with E-state index in [1.54, 1.807) is 6.92 Å². The van der Waals surface area contributed by atoms with E-state index in [1.165, 1.54) is 4.90 Å². The maximum Gasteiger partial charge on any atom is 0.401 e. The summed E-state index contributed by atoms with van der Waals surface area (Å²) >= 11 is 0. The molecule has 0 bridgehead atoms. The highest BCUT2D eigenvalue weighted by Gasteiger charge is 2.34. The van der Waals surface area contributed by atoms with E-state index in [1.807, 2.05) is 0 Å². The number of halogens is 3. The monoisotopic (exact) mass is 291 g/mol. The van der Waals surface area contributed by atoms with Crippen LogP contribution < -0.4 is 5.32 Å². The van der Waals surface area contributed by atoms with Gasteiger partial charge in [0.1, 0.15) is 5.82 Å². The van der Waals surface area contributed by atoms with Crippen molar-refractivity contribution in [1.82, 2.24) is 25.4 Å². The Morgan fingerprint density at radius 2 is 2.30 bits per heavy atom. The zero-order chi connectivity index (χ0) is 14.8. The van der Waals surface area contributed by atoms with Gasteiger partial charge in [0.05, 0.1) is 6.54 Å². The zero-order valence-electron chi connectivity index (χ0n) is 11.0. The van der Waals surface area contributed by atoms with Gasteiger partial charge < -0.3 is 5.32 Å². The number of nitrogens with zero attached hydrogens (tertiary/aromatic N) is 3. The van der Waals surface area contributed by atoms with Crippen LogP contribution in [-0.4, -0.2) is 58.3 Å². The molecular weight excluding hydrogens is 275 g/mol. The molecule has 1 fully saturated rings. The number of alkyl halides is 3. The van der Waals surface area contributed by atoms with Crippen molar-refractivity contribution in [2.24, 2.45) is 5.92 Å². The lowest BCUT2D eigenvalue weighted by molar-refractivity contribution is -0.143. The summed E-state index contributed by atoms with van der Waals surface area (Å²) in [4.78, 5) is 16.9. The molecule has 0 radical (unpaired) electrons. The summed E-state index contributed by atoms with van der Waals surface area (Å²) in [6.45, 7) is 1.86. The van der Waals surface area contributed by atoms with Gasteiger partial charge in [-0.05, 0) is 25.8 Å². The van der Waals surface area contributed by atoms with Gasteiger partial charge >= 0.3 is 6.18 Å². The molecule has 1 atom stereocenters. The standard InChI is InChI=1S/C11H16F3N5O/c1-7-16-9(18-17-7)10(20)15-4-8-2-3-19(5-8)6-11(12,13)14/h8H,2-6H2,1H3,(H,15,20)(H,16,17,18). The van der Waals surface area contributed by atoms with Crippen LogP contribution in [0, 0.1) is 12.8 Å². The van der Waals surface area contributed by atoms with Crippen LogP contribution in [0.1, 0.15) is 22.9 Å². The number of aromatic nitrogens is 3. The topological polar surface area (TPSA) is 73.9 Å². The highest BCUT2D eigenvalue weighted by atomic mass is 19.4. The Labute approximate surface area is 113 Å². The second-order valence-electron chi connectivity index (χ2n) is 4.96. The van der Waals surface area contributed by atoms with Gasteiger partial charge in [0.15, 0.2) is 0 Å². The maximum atomic E-state index is 12.2. The van der Waals surface area contributed by atoms with Crippen molar-refractivity contribution in [3.05, 3.63) is 11.6 Å². The molecule has 112 valence electrons. The molecule has 2 heterocycles. The number of aromatic amines is 1. The highest BCUT2D eigenvalue weighted by molar-refractivity contribution is 5.90.